The van der Waals surface area contributed by atoms with Gasteiger partial charge in [-0.25, -0.2) is 22.2 Å². The molecule has 1 aromatic heterocycles. The number of benzene rings is 2. The van der Waals surface area contributed by atoms with Crippen LogP contribution >= 0.6 is 0 Å². The summed E-state index contributed by atoms with van der Waals surface area (Å²) < 4.78 is 52.3. The van der Waals surface area contributed by atoms with E-state index in [1.165, 1.54) is 43.5 Å². The van der Waals surface area contributed by atoms with Gasteiger partial charge in [-0.15, -0.1) is 0 Å². The summed E-state index contributed by atoms with van der Waals surface area (Å²) in [6.07, 6.45) is 3.44. The molecule has 0 aliphatic heterocycles. The minimum absolute atomic E-state index is 0.0261. The van der Waals surface area contributed by atoms with Gasteiger partial charge in [-0.1, -0.05) is 30.4 Å². The predicted molar refractivity (Wildman–Crippen MR) is 102 cm³/mol. The smallest absolute Gasteiger partial charge is 0.224 e. The molecule has 3 aromatic rings. The highest BCUT2D eigenvalue weighted by molar-refractivity contribution is 7.91. The second-order valence-corrected chi connectivity index (χ2v) is 8.01. The number of hydrogen-bond acceptors (Lipinski definition) is 4. The van der Waals surface area contributed by atoms with Crippen molar-refractivity contribution in [1.29, 1.82) is 0 Å². The van der Waals surface area contributed by atoms with Crippen LogP contribution in [-0.4, -0.2) is 18.5 Å². The molecule has 1 atom stereocenters. The van der Waals surface area contributed by atoms with Gasteiger partial charge < -0.3 is 5.11 Å². The number of pyridine rings is 1. The molecule has 28 heavy (non-hydrogen) atoms. The molecule has 0 fully saturated rings. The van der Waals surface area contributed by atoms with Crippen LogP contribution in [0.25, 0.3) is 12.2 Å². The molecule has 2 aromatic carbocycles. The van der Waals surface area contributed by atoms with E-state index in [1.54, 1.807) is 24.3 Å². The first-order valence-electron chi connectivity index (χ1n) is 8.40. The fourth-order valence-corrected chi connectivity index (χ4v) is 4.10. The third kappa shape index (κ3) is 4.16. The van der Waals surface area contributed by atoms with Gasteiger partial charge >= 0.3 is 0 Å². The van der Waals surface area contributed by atoms with Gasteiger partial charge in [0.2, 0.25) is 9.84 Å². The van der Waals surface area contributed by atoms with E-state index in [1.807, 2.05) is 0 Å². The van der Waals surface area contributed by atoms with Crippen molar-refractivity contribution in [3.8, 4) is 0 Å². The van der Waals surface area contributed by atoms with Crippen LogP contribution < -0.4 is 0 Å². The Hall–Kier alpha value is -2.90. The Morgan fingerprint density at radius 3 is 2.39 bits per heavy atom. The number of hydrogen-bond donors (Lipinski definition) is 1. The normalized spacial score (nSPS) is 13.0. The highest BCUT2D eigenvalue weighted by Crippen LogP contribution is 2.26. The molecule has 3 rings (SSSR count). The first-order valence-corrected chi connectivity index (χ1v) is 9.88. The van der Waals surface area contributed by atoms with E-state index in [9.17, 15) is 22.3 Å². The Morgan fingerprint density at radius 1 is 1.04 bits per heavy atom. The first kappa shape index (κ1) is 19.9. The van der Waals surface area contributed by atoms with Crippen molar-refractivity contribution in [1.82, 2.24) is 4.98 Å². The van der Waals surface area contributed by atoms with Gasteiger partial charge in [0.15, 0.2) is 5.03 Å². The van der Waals surface area contributed by atoms with Crippen LogP contribution in [0, 0.1) is 11.6 Å². The number of aliphatic hydroxyl groups is 1. The molecule has 0 bridgehead atoms. The first-order chi connectivity index (χ1) is 13.3. The predicted octanol–water partition coefficient (Wildman–Crippen LogP) is 4.42. The maximum absolute atomic E-state index is 13.7. The minimum Gasteiger partial charge on any atom is -0.389 e. The molecule has 0 saturated carbocycles. The zero-order valence-electron chi connectivity index (χ0n) is 14.9. The van der Waals surface area contributed by atoms with Gasteiger partial charge in [0.05, 0.1) is 11.0 Å². The Kier molecular flexibility index (Phi) is 5.67. The zero-order valence-corrected chi connectivity index (χ0v) is 15.7. The van der Waals surface area contributed by atoms with Crippen LogP contribution in [0.4, 0.5) is 8.78 Å². The topological polar surface area (TPSA) is 67.3 Å². The summed E-state index contributed by atoms with van der Waals surface area (Å²) in [7, 11) is -3.91. The Labute approximate surface area is 161 Å². The standard InChI is InChI=1S/C21H17F2NO3S/c1-14(25)19-3-2-12-24-21(19)28(26,27)18-10-5-15(6-11-18)4-7-16-8-9-17(22)13-20(16)23/h2-14,25H,1H3. The van der Waals surface area contributed by atoms with Crippen LogP contribution in [0.3, 0.4) is 0 Å². The van der Waals surface area contributed by atoms with Crippen LogP contribution in [-0.2, 0) is 9.84 Å². The lowest BCUT2D eigenvalue weighted by Crippen LogP contribution is -2.09. The van der Waals surface area contributed by atoms with Crippen LogP contribution in [0.2, 0.25) is 0 Å². The average Bonchev–Trinajstić information content (AvgIpc) is 2.67. The van der Waals surface area contributed by atoms with E-state index in [4.69, 9.17) is 0 Å². The second-order valence-electron chi connectivity index (χ2n) is 6.15. The lowest BCUT2D eigenvalue weighted by Gasteiger charge is -2.11. The number of sulfone groups is 1. The van der Waals surface area contributed by atoms with Crippen molar-refractivity contribution in [2.75, 3.05) is 0 Å². The molecule has 0 radical (unpaired) electrons. The Balaban J connectivity index is 1.89. The van der Waals surface area contributed by atoms with E-state index in [2.05, 4.69) is 4.98 Å². The maximum Gasteiger partial charge on any atom is 0.224 e. The molecule has 4 nitrogen and oxygen atoms in total. The van der Waals surface area contributed by atoms with Gasteiger partial charge in [0.1, 0.15) is 11.6 Å². The number of aliphatic hydroxyl groups excluding tert-OH is 1. The molecule has 7 heteroatoms. The van der Waals surface area contributed by atoms with Crippen molar-refractivity contribution in [3.63, 3.8) is 0 Å². The number of rotatable bonds is 5. The highest BCUT2D eigenvalue weighted by atomic mass is 32.2. The van der Waals surface area contributed by atoms with Crippen molar-refractivity contribution in [3.05, 3.63) is 89.1 Å². The van der Waals surface area contributed by atoms with E-state index >= 15 is 0 Å². The molecule has 0 aliphatic rings. The molecule has 1 unspecified atom stereocenters. The zero-order chi connectivity index (χ0) is 20.3. The summed E-state index contributed by atoms with van der Waals surface area (Å²) in [5.41, 5.74) is 1.07. The summed E-state index contributed by atoms with van der Waals surface area (Å²) in [5.74, 6) is -1.34. The molecule has 0 spiro atoms. The summed E-state index contributed by atoms with van der Waals surface area (Å²) in [5, 5.41) is 9.62. The molecule has 0 aliphatic carbocycles. The fraction of sp³-hybridized carbons (Fsp3) is 0.0952. The van der Waals surface area contributed by atoms with Crippen molar-refractivity contribution < 1.29 is 22.3 Å². The lowest BCUT2D eigenvalue weighted by atomic mass is 10.1. The Bertz CT molecular complexity index is 1120. The highest BCUT2D eigenvalue weighted by Gasteiger charge is 2.24. The maximum atomic E-state index is 13.7. The van der Waals surface area contributed by atoms with Crippen molar-refractivity contribution in [2.45, 2.75) is 22.9 Å². The second kappa shape index (κ2) is 8.00. The summed E-state index contributed by atoms with van der Waals surface area (Å²) in [6.45, 7) is 1.47. The molecular formula is C21H17F2NO3S. The number of nitrogens with zero attached hydrogens (tertiary/aromatic N) is 1. The van der Waals surface area contributed by atoms with Crippen LogP contribution in [0.15, 0.2) is 70.7 Å². The molecule has 0 saturated heterocycles. The third-order valence-corrected chi connectivity index (χ3v) is 5.86. The Morgan fingerprint density at radius 2 is 1.75 bits per heavy atom. The van der Waals surface area contributed by atoms with Crippen LogP contribution in [0.1, 0.15) is 29.7 Å². The fourth-order valence-electron chi connectivity index (χ4n) is 2.64. The summed E-state index contributed by atoms with van der Waals surface area (Å²) in [6, 6.07) is 12.3. The quantitative estimate of drug-likeness (QED) is 0.643. The van der Waals surface area contributed by atoms with Gasteiger partial charge in [0, 0.05) is 23.4 Å². The van der Waals surface area contributed by atoms with E-state index in [0.29, 0.717) is 5.56 Å². The summed E-state index contributed by atoms with van der Waals surface area (Å²) in [4.78, 5) is 3.96. The molecule has 1 heterocycles. The van der Waals surface area contributed by atoms with E-state index in [-0.39, 0.29) is 21.0 Å². The van der Waals surface area contributed by atoms with Crippen molar-refractivity contribution >= 4 is 22.0 Å². The van der Waals surface area contributed by atoms with Gasteiger partial charge in [0.25, 0.3) is 0 Å². The minimum atomic E-state index is -3.91. The summed E-state index contributed by atoms with van der Waals surface area (Å²) >= 11 is 0. The van der Waals surface area contributed by atoms with E-state index in [0.717, 1.165) is 12.1 Å². The molecule has 144 valence electrons. The molecular weight excluding hydrogens is 384 g/mol. The largest absolute Gasteiger partial charge is 0.389 e. The van der Waals surface area contributed by atoms with E-state index < -0.39 is 27.6 Å². The molecule has 1 N–H and O–H groups in total. The van der Waals surface area contributed by atoms with Gasteiger partial charge in [-0.2, -0.15) is 0 Å². The third-order valence-electron chi connectivity index (χ3n) is 4.11. The van der Waals surface area contributed by atoms with Gasteiger partial charge in [-0.05, 0) is 42.8 Å². The van der Waals surface area contributed by atoms with Crippen LogP contribution in [0.5, 0.6) is 0 Å². The van der Waals surface area contributed by atoms with Gasteiger partial charge in [-0.3, -0.25) is 0 Å². The number of aromatic nitrogens is 1. The average molecular weight is 401 g/mol. The monoisotopic (exact) mass is 401 g/mol. The molecule has 0 amide bonds. The SMILES string of the molecule is CC(O)c1cccnc1S(=O)(=O)c1ccc(C=Cc2ccc(F)cc2F)cc1. The lowest BCUT2D eigenvalue weighted by molar-refractivity contribution is 0.195. The number of halogens is 2. The van der Waals surface area contributed by atoms with Crippen molar-refractivity contribution in [2.24, 2.45) is 0 Å².